The average molecular weight is 646 g/mol. The number of hydrogen-bond donors (Lipinski definition) is 1. The Kier molecular flexibility index (Phi) is 10.8. The summed E-state index contributed by atoms with van der Waals surface area (Å²) in [5.74, 6) is -0.520. The van der Waals surface area contributed by atoms with Gasteiger partial charge in [0.15, 0.2) is 0 Å². The molecule has 2 amide bonds. The molecule has 1 atom stereocenters. The number of nitrogens with one attached hydrogen (secondary N) is 1. The number of carbonyl (C=O) groups is 2. The van der Waals surface area contributed by atoms with Crippen molar-refractivity contribution in [3.8, 4) is 5.75 Å². The van der Waals surface area contributed by atoms with Crippen molar-refractivity contribution in [3.63, 3.8) is 0 Å². The number of methoxy groups -OCH3 is 1. The van der Waals surface area contributed by atoms with Crippen molar-refractivity contribution in [2.45, 2.75) is 75.7 Å². The maximum absolute atomic E-state index is 14.2. The van der Waals surface area contributed by atoms with Crippen molar-refractivity contribution < 1.29 is 35.9 Å². The van der Waals surface area contributed by atoms with E-state index >= 15 is 0 Å². The molecule has 1 aliphatic rings. The molecule has 3 aromatic carbocycles. The van der Waals surface area contributed by atoms with Crippen LogP contribution in [0.15, 0.2) is 77.7 Å². The summed E-state index contributed by atoms with van der Waals surface area (Å²) in [5.41, 5.74) is 0.0456. The Morgan fingerprint density at radius 2 is 1.64 bits per heavy atom. The van der Waals surface area contributed by atoms with E-state index in [2.05, 4.69) is 5.32 Å². The molecule has 0 unspecified atom stereocenters. The van der Waals surface area contributed by atoms with E-state index in [-0.39, 0.29) is 35.5 Å². The van der Waals surface area contributed by atoms with Crippen molar-refractivity contribution in [3.05, 3.63) is 89.5 Å². The van der Waals surface area contributed by atoms with Gasteiger partial charge in [-0.2, -0.15) is 13.2 Å². The molecule has 12 heteroatoms. The lowest BCUT2D eigenvalue weighted by Crippen LogP contribution is -2.53. The van der Waals surface area contributed by atoms with Crippen LogP contribution >= 0.6 is 0 Å². The molecule has 0 bridgehead atoms. The smallest absolute Gasteiger partial charge is 0.416 e. The van der Waals surface area contributed by atoms with Crippen molar-refractivity contribution in [1.29, 1.82) is 0 Å². The number of benzene rings is 3. The average Bonchev–Trinajstić information content (AvgIpc) is 3.52. The molecule has 1 N–H and O–H groups in total. The van der Waals surface area contributed by atoms with E-state index in [1.807, 2.05) is 0 Å². The van der Waals surface area contributed by atoms with Crippen LogP contribution in [0, 0.1) is 6.92 Å². The summed E-state index contributed by atoms with van der Waals surface area (Å²) in [7, 11) is -3.00. The van der Waals surface area contributed by atoms with Gasteiger partial charge in [0.2, 0.25) is 11.8 Å². The molecular formula is C33H38F3N3O5S. The molecule has 0 aliphatic heterocycles. The Morgan fingerprint density at radius 1 is 1.00 bits per heavy atom. The van der Waals surface area contributed by atoms with Gasteiger partial charge < -0.3 is 15.0 Å². The van der Waals surface area contributed by atoms with Gasteiger partial charge in [-0.05, 0) is 74.2 Å². The Hall–Kier alpha value is -4.06. The monoisotopic (exact) mass is 645 g/mol. The van der Waals surface area contributed by atoms with Crippen LogP contribution in [0.5, 0.6) is 5.75 Å². The number of amides is 2. The van der Waals surface area contributed by atoms with Crippen LogP contribution in [0.4, 0.5) is 18.9 Å². The molecule has 4 rings (SSSR count). The van der Waals surface area contributed by atoms with Crippen LogP contribution in [0.3, 0.4) is 0 Å². The van der Waals surface area contributed by atoms with Gasteiger partial charge in [-0.3, -0.25) is 13.9 Å². The van der Waals surface area contributed by atoms with Crippen molar-refractivity contribution in [2.75, 3.05) is 18.0 Å². The second-order valence-electron chi connectivity index (χ2n) is 11.2. The van der Waals surface area contributed by atoms with Crippen molar-refractivity contribution >= 4 is 27.5 Å². The van der Waals surface area contributed by atoms with E-state index in [9.17, 15) is 31.2 Å². The third-order valence-electron chi connectivity index (χ3n) is 7.95. The van der Waals surface area contributed by atoms with E-state index in [4.69, 9.17) is 4.74 Å². The fourth-order valence-corrected chi connectivity index (χ4v) is 6.82. The maximum Gasteiger partial charge on any atom is 0.416 e. The Labute approximate surface area is 262 Å². The molecule has 242 valence electrons. The number of hydrogen-bond acceptors (Lipinski definition) is 5. The topological polar surface area (TPSA) is 96.0 Å². The predicted molar refractivity (Wildman–Crippen MR) is 165 cm³/mol. The highest BCUT2D eigenvalue weighted by atomic mass is 32.2. The van der Waals surface area contributed by atoms with E-state index in [1.54, 1.807) is 50.2 Å². The van der Waals surface area contributed by atoms with Crippen LogP contribution in [0.1, 0.15) is 55.7 Å². The van der Waals surface area contributed by atoms with Gasteiger partial charge in [0.25, 0.3) is 10.0 Å². The molecule has 0 radical (unpaired) electrons. The van der Waals surface area contributed by atoms with E-state index < -0.39 is 40.3 Å². The van der Waals surface area contributed by atoms with Crippen LogP contribution < -0.4 is 14.4 Å². The molecule has 45 heavy (non-hydrogen) atoms. The summed E-state index contributed by atoms with van der Waals surface area (Å²) in [5, 5.41) is 3.03. The van der Waals surface area contributed by atoms with Crippen LogP contribution in [0.2, 0.25) is 0 Å². The van der Waals surface area contributed by atoms with E-state index in [1.165, 1.54) is 30.2 Å². The molecule has 1 fully saturated rings. The molecule has 0 aromatic heterocycles. The first-order chi connectivity index (χ1) is 21.3. The highest BCUT2D eigenvalue weighted by Gasteiger charge is 2.36. The van der Waals surface area contributed by atoms with Crippen LogP contribution in [0.25, 0.3) is 0 Å². The summed E-state index contributed by atoms with van der Waals surface area (Å²) in [6, 6.07) is 15.6. The van der Waals surface area contributed by atoms with E-state index in [0.29, 0.717) is 21.7 Å². The lowest BCUT2D eigenvalue weighted by Gasteiger charge is -2.34. The SMILES string of the molecule is CC[C@@H](C(=O)NC1CCCC1)N(Cc1ccc(OC)cc1)C(=O)CN(c1cccc(C(F)(F)F)c1)S(=O)(=O)c1ccc(C)cc1. The highest BCUT2D eigenvalue weighted by molar-refractivity contribution is 7.92. The highest BCUT2D eigenvalue weighted by Crippen LogP contribution is 2.33. The van der Waals surface area contributed by atoms with Crippen LogP contribution in [-0.2, 0) is 32.3 Å². The number of rotatable bonds is 12. The fourth-order valence-electron chi connectivity index (χ4n) is 5.42. The van der Waals surface area contributed by atoms with Crippen LogP contribution in [-0.4, -0.2) is 50.9 Å². The molecule has 0 heterocycles. The van der Waals surface area contributed by atoms with Gasteiger partial charge in [-0.1, -0.05) is 55.7 Å². The minimum atomic E-state index is -4.74. The zero-order chi connectivity index (χ0) is 32.8. The second-order valence-corrected chi connectivity index (χ2v) is 13.0. The first-order valence-electron chi connectivity index (χ1n) is 14.8. The number of alkyl halides is 3. The normalized spacial score (nSPS) is 14.5. The summed E-state index contributed by atoms with van der Waals surface area (Å²) in [6.45, 7) is 2.64. The first-order valence-corrected chi connectivity index (χ1v) is 16.3. The maximum atomic E-state index is 14.2. The molecule has 0 saturated heterocycles. The number of aryl methyl sites for hydroxylation is 1. The summed E-state index contributed by atoms with van der Waals surface area (Å²) in [6.07, 6.45) is -0.891. The number of sulfonamides is 1. The number of ether oxygens (including phenoxy) is 1. The zero-order valence-corrected chi connectivity index (χ0v) is 26.3. The second kappa shape index (κ2) is 14.4. The quantitative estimate of drug-likeness (QED) is 0.258. The summed E-state index contributed by atoms with van der Waals surface area (Å²) < 4.78 is 74.9. The molecular weight excluding hydrogens is 607 g/mol. The van der Waals surface area contributed by atoms with E-state index in [0.717, 1.165) is 43.4 Å². The molecule has 1 saturated carbocycles. The fraction of sp³-hybridized carbons (Fsp3) is 0.394. The van der Waals surface area contributed by atoms with Gasteiger partial charge in [0.1, 0.15) is 18.3 Å². The summed E-state index contributed by atoms with van der Waals surface area (Å²) >= 11 is 0. The van der Waals surface area contributed by atoms with Gasteiger partial charge >= 0.3 is 6.18 Å². The summed E-state index contributed by atoms with van der Waals surface area (Å²) in [4.78, 5) is 28.9. The third kappa shape index (κ3) is 8.36. The number of halogens is 3. The largest absolute Gasteiger partial charge is 0.497 e. The molecule has 8 nitrogen and oxygen atoms in total. The van der Waals surface area contributed by atoms with Gasteiger partial charge in [-0.25, -0.2) is 8.42 Å². The minimum Gasteiger partial charge on any atom is -0.497 e. The molecule has 0 spiro atoms. The Morgan fingerprint density at radius 3 is 2.22 bits per heavy atom. The molecule has 3 aromatic rings. The lowest BCUT2D eigenvalue weighted by molar-refractivity contribution is -0.140. The predicted octanol–water partition coefficient (Wildman–Crippen LogP) is 6.08. The van der Waals surface area contributed by atoms with Crippen molar-refractivity contribution in [1.82, 2.24) is 10.2 Å². The number of carbonyl (C=O) groups excluding carboxylic acids is 2. The lowest BCUT2D eigenvalue weighted by atomic mass is 10.1. The number of anilines is 1. The van der Waals surface area contributed by atoms with Gasteiger partial charge in [0, 0.05) is 12.6 Å². The zero-order valence-electron chi connectivity index (χ0n) is 25.5. The standard InChI is InChI=1S/C33H38F3N3O5S/c1-4-30(32(41)37-26-9-5-6-10-26)38(21-24-14-16-28(44-3)17-15-24)31(40)22-39(27-11-7-8-25(20-27)33(34,35)36)45(42,43)29-18-12-23(2)13-19-29/h7-8,11-20,26,30H,4-6,9-10,21-22H2,1-3H3,(H,37,41)/t30-/m0/s1. The Balaban J connectivity index is 1.75. The minimum absolute atomic E-state index is 0.0204. The molecule has 1 aliphatic carbocycles. The Bertz CT molecular complexity index is 1570. The third-order valence-corrected chi connectivity index (χ3v) is 9.74. The van der Waals surface area contributed by atoms with Gasteiger partial charge in [0.05, 0.1) is 23.3 Å². The first kappa shape index (κ1) is 33.8. The van der Waals surface area contributed by atoms with Crippen molar-refractivity contribution in [2.24, 2.45) is 0 Å². The van der Waals surface area contributed by atoms with Gasteiger partial charge in [-0.15, -0.1) is 0 Å². The number of nitrogens with zero attached hydrogens (tertiary/aromatic N) is 2.